The number of hydrogen-bond acceptors (Lipinski definition) is 2. The van der Waals surface area contributed by atoms with Crippen molar-refractivity contribution in [3.8, 4) is 0 Å². The summed E-state index contributed by atoms with van der Waals surface area (Å²) in [6.45, 7) is 4.57. The van der Waals surface area contributed by atoms with Gasteiger partial charge in [-0.05, 0) is 32.7 Å². The summed E-state index contributed by atoms with van der Waals surface area (Å²) in [4.78, 5) is 11.1. The van der Waals surface area contributed by atoms with Crippen LogP contribution in [0, 0.1) is 5.92 Å². The second-order valence-corrected chi connectivity index (χ2v) is 3.38. The summed E-state index contributed by atoms with van der Waals surface area (Å²) in [5.74, 6) is 0.635. The zero-order valence-corrected chi connectivity index (χ0v) is 8.31. The monoisotopic (exact) mass is 171 g/mol. The number of carbonyl (C=O) groups excluding carboxylic acids is 1. The van der Waals surface area contributed by atoms with Crippen molar-refractivity contribution in [2.24, 2.45) is 11.7 Å². The number of rotatable bonds is 7. The van der Waals surface area contributed by atoms with Gasteiger partial charge >= 0.3 is 0 Å². The number of carbonyl (C=O) groups is 1. The maximum atomic E-state index is 11.1. The number of unbranched alkanes of at least 4 members (excludes halogenated alkanes) is 1. The average molecular weight is 171 g/mol. The van der Waals surface area contributed by atoms with Gasteiger partial charge in [0.2, 0.25) is 0 Å². The van der Waals surface area contributed by atoms with Crippen LogP contribution in [0.3, 0.4) is 0 Å². The lowest BCUT2D eigenvalue weighted by Crippen LogP contribution is -2.11. The summed E-state index contributed by atoms with van der Waals surface area (Å²) < 4.78 is 0. The molecule has 0 amide bonds. The minimum atomic E-state index is 0.293. The molecule has 0 aliphatic rings. The number of ketones is 1. The molecule has 0 rings (SSSR count). The molecule has 0 heterocycles. The number of hydrogen-bond donors (Lipinski definition) is 1. The zero-order chi connectivity index (χ0) is 9.40. The molecule has 0 aliphatic carbocycles. The SMILES string of the molecule is CCCC(CCCCN)C(C)=O. The van der Waals surface area contributed by atoms with Crippen molar-refractivity contribution in [1.29, 1.82) is 0 Å². The van der Waals surface area contributed by atoms with Crippen LogP contribution < -0.4 is 5.73 Å². The predicted molar refractivity (Wildman–Crippen MR) is 52.0 cm³/mol. The van der Waals surface area contributed by atoms with Crippen LogP contribution in [0.1, 0.15) is 46.0 Å². The van der Waals surface area contributed by atoms with Gasteiger partial charge in [0.25, 0.3) is 0 Å². The molecule has 0 radical (unpaired) electrons. The Labute approximate surface area is 75.5 Å². The molecule has 2 N–H and O–H groups in total. The largest absolute Gasteiger partial charge is 0.330 e. The lowest BCUT2D eigenvalue weighted by Gasteiger charge is -2.11. The summed E-state index contributed by atoms with van der Waals surface area (Å²) in [6, 6.07) is 0. The molecule has 1 unspecified atom stereocenters. The molecule has 1 atom stereocenters. The molecule has 0 spiro atoms. The van der Waals surface area contributed by atoms with Crippen LogP contribution in [-0.4, -0.2) is 12.3 Å². The van der Waals surface area contributed by atoms with E-state index >= 15 is 0 Å². The third kappa shape index (κ3) is 5.30. The van der Waals surface area contributed by atoms with Crippen molar-refractivity contribution in [3.63, 3.8) is 0 Å². The Balaban J connectivity index is 3.56. The molecule has 0 aromatic rings. The van der Waals surface area contributed by atoms with Gasteiger partial charge in [-0.3, -0.25) is 4.79 Å². The Morgan fingerprint density at radius 3 is 2.42 bits per heavy atom. The van der Waals surface area contributed by atoms with E-state index in [0.717, 1.165) is 38.6 Å². The van der Waals surface area contributed by atoms with Gasteiger partial charge < -0.3 is 5.73 Å². The van der Waals surface area contributed by atoms with Crippen LogP contribution in [0.5, 0.6) is 0 Å². The summed E-state index contributed by atoms with van der Waals surface area (Å²) in [7, 11) is 0. The molecule has 0 saturated heterocycles. The Morgan fingerprint density at radius 2 is 2.00 bits per heavy atom. The van der Waals surface area contributed by atoms with E-state index < -0.39 is 0 Å². The molecule has 0 aromatic carbocycles. The van der Waals surface area contributed by atoms with E-state index in [1.807, 2.05) is 0 Å². The molecule has 0 bridgehead atoms. The highest BCUT2D eigenvalue weighted by molar-refractivity contribution is 5.78. The van der Waals surface area contributed by atoms with Crippen LogP contribution in [0.15, 0.2) is 0 Å². The molecule has 12 heavy (non-hydrogen) atoms. The number of Topliss-reactive ketones (excluding diaryl/α,β-unsaturated/α-hetero) is 1. The summed E-state index contributed by atoms with van der Waals surface area (Å²) in [6.07, 6.45) is 5.32. The first-order valence-electron chi connectivity index (χ1n) is 4.92. The van der Waals surface area contributed by atoms with Crippen molar-refractivity contribution < 1.29 is 4.79 Å². The highest BCUT2D eigenvalue weighted by atomic mass is 16.1. The maximum absolute atomic E-state index is 11.1. The quantitative estimate of drug-likeness (QED) is 0.596. The summed E-state index contributed by atoms with van der Waals surface area (Å²) >= 11 is 0. The van der Waals surface area contributed by atoms with E-state index in [0.29, 0.717) is 11.7 Å². The van der Waals surface area contributed by atoms with E-state index in [9.17, 15) is 4.79 Å². The highest BCUT2D eigenvalue weighted by Gasteiger charge is 2.11. The van der Waals surface area contributed by atoms with Crippen molar-refractivity contribution in [2.45, 2.75) is 46.0 Å². The van der Waals surface area contributed by atoms with Crippen LogP contribution in [0.2, 0.25) is 0 Å². The lowest BCUT2D eigenvalue weighted by atomic mass is 9.93. The van der Waals surface area contributed by atoms with Gasteiger partial charge in [0.15, 0.2) is 0 Å². The van der Waals surface area contributed by atoms with Gasteiger partial charge in [0, 0.05) is 5.92 Å². The first kappa shape index (κ1) is 11.6. The molecular formula is C10H21NO. The molecule has 72 valence electrons. The first-order valence-corrected chi connectivity index (χ1v) is 4.92. The smallest absolute Gasteiger partial charge is 0.132 e. The minimum Gasteiger partial charge on any atom is -0.330 e. The Hall–Kier alpha value is -0.370. The second-order valence-electron chi connectivity index (χ2n) is 3.38. The number of nitrogens with two attached hydrogens (primary N) is 1. The van der Waals surface area contributed by atoms with E-state index in [-0.39, 0.29) is 0 Å². The molecule has 0 aromatic heterocycles. The van der Waals surface area contributed by atoms with E-state index in [2.05, 4.69) is 6.92 Å². The molecule has 0 saturated carbocycles. The third-order valence-electron chi connectivity index (χ3n) is 2.22. The average Bonchev–Trinajstić information content (AvgIpc) is 2.03. The van der Waals surface area contributed by atoms with Crippen LogP contribution in [0.4, 0.5) is 0 Å². The Bertz CT molecular complexity index is 123. The van der Waals surface area contributed by atoms with Gasteiger partial charge in [-0.15, -0.1) is 0 Å². The molecular weight excluding hydrogens is 150 g/mol. The van der Waals surface area contributed by atoms with Crippen molar-refractivity contribution in [1.82, 2.24) is 0 Å². The Kier molecular flexibility index (Phi) is 7.06. The fourth-order valence-electron chi connectivity index (χ4n) is 1.43. The summed E-state index contributed by atoms with van der Waals surface area (Å²) in [5.41, 5.74) is 5.38. The highest BCUT2D eigenvalue weighted by Crippen LogP contribution is 2.15. The van der Waals surface area contributed by atoms with Gasteiger partial charge in [0.05, 0.1) is 0 Å². The van der Waals surface area contributed by atoms with Crippen LogP contribution in [0.25, 0.3) is 0 Å². The molecule has 2 nitrogen and oxygen atoms in total. The Morgan fingerprint density at radius 1 is 1.33 bits per heavy atom. The molecule has 2 heteroatoms. The lowest BCUT2D eigenvalue weighted by molar-refractivity contribution is -0.121. The predicted octanol–water partition coefficient (Wildman–Crippen LogP) is 2.12. The maximum Gasteiger partial charge on any atom is 0.132 e. The van der Waals surface area contributed by atoms with Crippen LogP contribution in [-0.2, 0) is 4.79 Å². The fraction of sp³-hybridized carbons (Fsp3) is 0.900. The van der Waals surface area contributed by atoms with E-state index in [1.165, 1.54) is 0 Å². The van der Waals surface area contributed by atoms with Gasteiger partial charge in [0.1, 0.15) is 5.78 Å². The van der Waals surface area contributed by atoms with Crippen LogP contribution >= 0.6 is 0 Å². The zero-order valence-electron chi connectivity index (χ0n) is 8.31. The van der Waals surface area contributed by atoms with Crippen molar-refractivity contribution in [2.75, 3.05) is 6.54 Å². The normalized spacial score (nSPS) is 12.9. The van der Waals surface area contributed by atoms with E-state index in [1.54, 1.807) is 6.92 Å². The standard InChI is InChI=1S/C10H21NO/c1-3-6-10(9(2)12)7-4-5-8-11/h10H,3-8,11H2,1-2H3. The summed E-state index contributed by atoms with van der Waals surface area (Å²) in [5, 5.41) is 0. The first-order chi connectivity index (χ1) is 5.72. The van der Waals surface area contributed by atoms with Gasteiger partial charge in [-0.1, -0.05) is 19.8 Å². The van der Waals surface area contributed by atoms with E-state index in [4.69, 9.17) is 5.73 Å². The third-order valence-corrected chi connectivity index (χ3v) is 2.22. The van der Waals surface area contributed by atoms with Crippen molar-refractivity contribution >= 4 is 5.78 Å². The van der Waals surface area contributed by atoms with Gasteiger partial charge in [-0.25, -0.2) is 0 Å². The topological polar surface area (TPSA) is 43.1 Å². The molecule has 0 aliphatic heterocycles. The molecule has 0 fully saturated rings. The second kappa shape index (κ2) is 7.29. The minimum absolute atomic E-state index is 0.293. The fourth-order valence-corrected chi connectivity index (χ4v) is 1.43. The van der Waals surface area contributed by atoms with Crippen molar-refractivity contribution in [3.05, 3.63) is 0 Å². The van der Waals surface area contributed by atoms with Gasteiger partial charge in [-0.2, -0.15) is 0 Å².